The Morgan fingerprint density at radius 2 is 1.87 bits per heavy atom. The van der Waals surface area contributed by atoms with E-state index in [1.807, 2.05) is 30.3 Å². The van der Waals surface area contributed by atoms with Crippen LogP contribution in [0.5, 0.6) is 0 Å². The van der Waals surface area contributed by atoms with Gasteiger partial charge in [0.05, 0.1) is 6.54 Å². The van der Waals surface area contributed by atoms with E-state index in [-0.39, 0.29) is 12.5 Å². The summed E-state index contributed by atoms with van der Waals surface area (Å²) < 4.78 is 4.81. The molecule has 0 fully saturated rings. The third kappa shape index (κ3) is 7.06. The first kappa shape index (κ1) is 13.0. The van der Waals surface area contributed by atoms with E-state index in [1.54, 1.807) is 0 Å². The van der Waals surface area contributed by atoms with Gasteiger partial charge in [0.15, 0.2) is 0 Å². The molecule has 0 heterocycles. The van der Waals surface area contributed by atoms with Crippen molar-refractivity contribution >= 4 is 5.97 Å². The van der Waals surface area contributed by atoms with Crippen LogP contribution >= 0.6 is 0 Å². The number of carbonyl (C=O) groups is 1. The summed E-state index contributed by atoms with van der Waals surface area (Å²) in [6, 6.07) is 9.49. The molecule has 0 atom stereocenters. The lowest BCUT2D eigenvalue weighted by atomic mass is 10.2. The normalized spacial score (nSPS) is 8.07. The number of nitrogens with two attached hydrogens (primary N) is 1. The van der Waals surface area contributed by atoms with Crippen molar-refractivity contribution in [1.82, 2.24) is 0 Å². The molecular formula is C9H11N4O2-. The zero-order valence-electron chi connectivity index (χ0n) is 8.04. The van der Waals surface area contributed by atoms with Crippen LogP contribution in [-0.2, 0) is 16.1 Å². The molecule has 0 saturated carbocycles. The zero-order valence-corrected chi connectivity index (χ0v) is 8.04. The van der Waals surface area contributed by atoms with Gasteiger partial charge in [0, 0.05) is 0 Å². The van der Waals surface area contributed by atoms with Gasteiger partial charge in [0.1, 0.15) is 6.61 Å². The van der Waals surface area contributed by atoms with Gasteiger partial charge in [-0.05, 0) is 5.56 Å². The molecule has 0 spiro atoms. The van der Waals surface area contributed by atoms with Crippen molar-refractivity contribution < 1.29 is 9.53 Å². The predicted octanol–water partition coefficient (Wildman–Crippen LogP) is 1.55. The Bertz CT molecular complexity index is 320. The van der Waals surface area contributed by atoms with Crippen LogP contribution in [0.3, 0.4) is 0 Å². The molecule has 6 nitrogen and oxygen atoms in total. The number of esters is 1. The first-order valence-electron chi connectivity index (χ1n) is 4.12. The summed E-state index contributed by atoms with van der Waals surface area (Å²) in [5.74, 6) is -0.376. The molecule has 0 aliphatic heterocycles. The quantitative estimate of drug-likeness (QED) is 0.351. The highest BCUT2D eigenvalue weighted by Gasteiger charge is 1.97. The molecule has 0 aromatic heterocycles. The molecule has 2 N–H and O–H groups in total. The van der Waals surface area contributed by atoms with E-state index in [0.29, 0.717) is 6.61 Å². The monoisotopic (exact) mass is 207 g/mol. The van der Waals surface area contributed by atoms with E-state index in [9.17, 15) is 4.79 Å². The highest BCUT2D eigenvalue weighted by atomic mass is 16.5. The Morgan fingerprint density at radius 1 is 1.33 bits per heavy atom. The van der Waals surface area contributed by atoms with Gasteiger partial charge in [0.25, 0.3) is 0 Å². The summed E-state index contributed by atoms with van der Waals surface area (Å²) in [7, 11) is 0. The van der Waals surface area contributed by atoms with Crippen LogP contribution in [0.4, 0.5) is 0 Å². The van der Waals surface area contributed by atoms with Crippen LogP contribution in [0.25, 0.3) is 16.0 Å². The molecule has 80 valence electrons. The van der Waals surface area contributed by atoms with Crippen LogP contribution in [0.1, 0.15) is 5.56 Å². The minimum absolute atomic E-state index is 0.0627. The number of rotatable bonds is 3. The zero-order chi connectivity index (χ0) is 11.5. The lowest BCUT2D eigenvalue weighted by molar-refractivity contribution is -0.143. The fourth-order valence-electron chi connectivity index (χ4n) is 0.797. The summed E-state index contributed by atoms with van der Waals surface area (Å²) in [5.41, 5.74) is 19.5. The molecule has 1 aromatic carbocycles. The molecule has 0 bridgehead atoms. The molecule has 6 heteroatoms. The minimum atomic E-state index is -0.376. The third-order valence-corrected chi connectivity index (χ3v) is 1.41. The number of ether oxygens (including phenoxy) is 1. The van der Waals surface area contributed by atoms with Crippen molar-refractivity contribution in [2.75, 3.05) is 6.54 Å². The lowest BCUT2D eigenvalue weighted by Crippen LogP contribution is -2.16. The van der Waals surface area contributed by atoms with Crippen molar-refractivity contribution in [3.8, 4) is 0 Å². The van der Waals surface area contributed by atoms with Crippen LogP contribution < -0.4 is 5.73 Å². The SMILES string of the molecule is NCC(=O)OCc1ccccc1.[N-]=[N+]=[N-]. The van der Waals surface area contributed by atoms with E-state index in [0.717, 1.165) is 5.56 Å². The lowest BCUT2D eigenvalue weighted by Gasteiger charge is -2.01. The second-order valence-corrected chi connectivity index (χ2v) is 2.44. The number of benzene rings is 1. The maximum atomic E-state index is 10.6. The van der Waals surface area contributed by atoms with Crippen molar-refractivity contribution in [1.29, 1.82) is 0 Å². The summed E-state index contributed by atoms with van der Waals surface area (Å²) in [6.45, 7) is 0.240. The van der Waals surface area contributed by atoms with Gasteiger partial charge in [-0.3, -0.25) is 9.71 Å². The maximum Gasteiger partial charge on any atom is 0.320 e. The number of hydrogen-bond acceptors (Lipinski definition) is 3. The van der Waals surface area contributed by atoms with Crippen molar-refractivity contribution in [3.05, 3.63) is 51.9 Å². The summed E-state index contributed by atoms with van der Waals surface area (Å²) in [4.78, 5) is 12.1. The van der Waals surface area contributed by atoms with Gasteiger partial charge < -0.3 is 21.5 Å². The van der Waals surface area contributed by atoms with E-state index in [2.05, 4.69) is 0 Å². The second kappa shape index (κ2) is 8.55. The van der Waals surface area contributed by atoms with Crippen LogP contribution in [0.2, 0.25) is 0 Å². The molecule has 0 aliphatic rings. The molecule has 1 aromatic rings. The largest absolute Gasteiger partial charge is 0.460 e. The molecule has 0 unspecified atom stereocenters. The Labute approximate surface area is 87.1 Å². The summed E-state index contributed by atoms with van der Waals surface area (Å²) >= 11 is 0. The van der Waals surface area contributed by atoms with E-state index < -0.39 is 0 Å². The highest BCUT2D eigenvalue weighted by Crippen LogP contribution is 1.99. The second-order valence-electron chi connectivity index (χ2n) is 2.44. The molecule has 0 saturated heterocycles. The van der Waals surface area contributed by atoms with Gasteiger partial charge in [-0.2, -0.15) is 0 Å². The van der Waals surface area contributed by atoms with E-state index in [4.69, 9.17) is 21.5 Å². The van der Waals surface area contributed by atoms with Gasteiger partial charge in [0.2, 0.25) is 0 Å². The number of nitrogens with zero attached hydrogens (tertiary/aromatic N) is 3. The van der Waals surface area contributed by atoms with Gasteiger partial charge in [-0.15, -0.1) is 0 Å². The first-order valence-corrected chi connectivity index (χ1v) is 4.12. The highest BCUT2D eigenvalue weighted by molar-refractivity contribution is 5.71. The van der Waals surface area contributed by atoms with Crippen molar-refractivity contribution in [3.63, 3.8) is 0 Å². The number of hydrogen-bond donors (Lipinski definition) is 1. The minimum Gasteiger partial charge on any atom is -0.460 e. The Balaban J connectivity index is 0.000000583. The fourth-order valence-corrected chi connectivity index (χ4v) is 0.797. The molecule has 0 amide bonds. The molecule has 1 rings (SSSR count). The van der Waals surface area contributed by atoms with E-state index >= 15 is 0 Å². The third-order valence-electron chi connectivity index (χ3n) is 1.41. The van der Waals surface area contributed by atoms with Crippen LogP contribution in [0, 0.1) is 0 Å². The number of carbonyl (C=O) groups excluding carboxylic acids is 1. The molecule has 0 radical (unpaired) electrons. The van der Waals surface area contributed by atoms with Crippen molar-refractivity contribution in [2.24, 2.45) is 5.73 Å². The maximum absolute atomic E-state index is 10.6. The average Bonchev–Trinajstić information content (AvgIpc) is 2.28. The Hall–Kier alpha value is -2.04. The Morgan fingerprint density at radius 3 is 2.33 bits per heavy atom. The first-order chi connectivity index (χ1) is 7.24. The predicted molar refractivity (Wildman–Crippen MR) is 55.4 cm³/mol. The summed E-state index contributed by atoms with van der Waals surface area (Å²) in [6.07, 6.45) is 0. The standard InChI is InChI=1S/C9H11NO2.N3/c10-6-9(11)12-7-8-4-2-1-3-5-8;1-3-2/h1-5H,6-7,10H2;/q;-1. The van der Waals surface area contributed by atoms with E-state index in [1.165, 1.54) is 4.91 Å². The van der Waals surface area contributed by atoms with Crippen molar-refractivity contribution in [2.45, 2.75) is 6.61 Å². The van der Waals surface area contributed by atoms with Gasteiger partial charge >= 0.3 is 5.97 Å². The molecule has 15 heavy (non-hydrogen) atoms. The fraction of sp³-hybridized carbons (Fsp3) is 0.222. The van der Waals surface area contributed by atoms with Crippen LogP contribution in [-0.4, -0.2) is 12.5 Å². The van der Waals surface area contributed by atoms with Gasteiger partial charge in [-0.25, -0.2) is 0 Å². The van der Waals surface area contributed by atoms with Crippen LogP contribution in [0.15, 0.2) is 30.3 Å². The topological polar surface area (TPSA) is 111 Å². The molecular weight excluding hydrogens is 196 g/mol. The molecule has 0 aliphatic carbocycles. The Kier molecular flexibility index (Phi) is 7.39. The smallest absolute Gasteiger partial charge is 0.320 e. The van der Waals surface area contributed by atoms with Gasteiger partial charge in [-0.1, -0.05) is 30.3 Å². The summed E-state index contributed by atoms with van der Waals surface area (Å²) in [5, 5.41) is 0. The average molecular weight is 207 g/mol.